The highest BCUT2D eigenvalue weighted by atomic mass is 16.6. The number of carboxylic acids is 4. The molecule has 0 spiro atoms. The molecule has 0 radical (unpaired) electrons. The van der Waals surface area contributed by atoms with Gasteiger partial charge in [-0.3, -0.25) is 67.1 Å². The number of fused-ring (bicyclic) bond motifs is 7. The smallest absolute Gasteiger partial charge is 0.335 e. The zero-order chi connectivity index (χ0) is 92.4. The number of carbonyl (C=O) groups is 15. The van der Waals surface area contributed by atoms with Crippen molar-refractivity contribution in [2.24, 2.45) is 22.2 Å². The summed E-state index contributed by atoms with van der Waals surface area (Å²) in [6, 6.07) is 57.4. The first-order chi connectivity index (χ1) is 59.2. The van der Waals surface area contributed by atoms with E-state index in [2.05, 4.69) is 49.0 Å². The largest absolute Gasteiger partial charge is 0.481 e. The van der Waals surface area contributed by atoms with Crippen LogP contribution in [0.25, 0.3) is 11.1 Å². The number of anilines is 4. The second-order valence-electron chi connectivity index (χ2n) is 31.9. The van der Waals surface area contributed by atoms with Crippen LogP contribution in [-0.2, 0) is 43.0 Å². The van der Waals surface area contributed by atoms with Gasteiger partial charge in [-0.05, 0) is 161 Å². The van der Waals surface area contributed by atoms with Crippen molar-refractivity contribution in [2.45, 2.75) is 167 Å². The van der Waals surface area contributed by atoms with Crippen molar-refractivity contribution >= 4 is 111 Å². The number of esters is 2. The molecule has 4 atom stereocenters. The third-order valence-corrected chi connectivity index (χ3v) is 22.4. The van der Waals surface area contributed by atoms with Crippen LogP contribution < -0.4 is 21.3 Å². The topological polar surface area (TPSA) is 404 Å². The predicted octanol–water partition coefficient (Wildman–Crippen LogP) is 19.4. The number of nitrogens with one attached hydrogen (secondary N) is 4. The zero-order valence-corrected chi connectivity index (χ0v) is 72.8. The minimum absolute atomic E-state index is 0.0114. The molecule has 0 aromatic heterocycles. The van der Waals surface area contributed by atoms with Crippen LogP contribution in [0.4, 0.5) is 22.7 Å². The van der Waals surface area contributed by atoms with Crippen molar-refractivity contribution in [2.75, 3.05) is 34.5 Å². The molecule has 8 N–H and O–H groups in total. The molecular formula is C100H108N4O21. The van der Waals surface area contributed by atoms with E-state index < -0.39 is 52.0 Å². The first kappa shape index (κ1) is 98.1. The lowest BCUT2D eigenvalue weighted by atomic mass is 9.83. The van der Waals surface area contributed by atoms with Crippen molar-refractivity contribution in [3.8, 4) is 11.1 Å². The quantitative estimate of drug-likeness (QED) is 0.0175. The monoisotopic (exact) mass is 1700 g/mol. The standard InChI is InChI=1S/C27H24N2O4.C25H21NO3.C18H17NO2.C12H20O6.C11H14O2.C7H12O4/c1-4-27(2,3)26(33)29-17-9-7-8-16(14-17)25(32)28-18-12-13-21-22(15-18)24(31)20-11-6-5-10-19(20)23(21)30;1-3-15(2)16-11-13-17(14-12-16)25(29)26-21-10-6-9-20-22(21)24(28)19-8-5-4-7-18(19)23(20)27;1-3-11(2)18(21)19-15-10-6-9-14-16(15)12-7-4-5-8-13(12)17(14)20;1-4-12(2,3)11(16)18-8-7-17-10(15)6-5-9(13)14;1-3-8(2)9-4-6-10(7-5-9)11(12)13;1-3-7(2,6(10)11)4-5(8)9/h5-15H,4H2,1-3H3,(H,28,32)(H,29,33);4-15H,3H2,1-2H3,(H,26,29);4-11H,3H2,1-2H3,(H,19,21);4-8H2,1-3H3,(H,13,14);4-8H,3H2,1-2H3,(H,12,13);3-4H2,1-2H3,(H,8,9)(H,10,11). The molecule has 25 heteroatoms. The Balaban J connectivity index is 0.000000214. The molecule has 0 saturated carbocycles. The third kappa shape index (κ3) is 25.6. The van der Waals surface area contributed by atoms with Crippen LogP contribution in [0, 0.1) is 22.2 Å². The van der Waals surface area contributed by atoms with E-state index in [4.69, 9.17) is 29.9 Å². The second kappa shape index (κ2) is 44.7. The fraction of sp³-hybridized carbons (Fsp3) is 0.310. The lowest BCUT2D eigenvalue weighted by molar-refractivity contribution is -0.159. The van der Waals surface area contributed by atoms with Gasteiger partial charge in [0.15, 0.2) is 28.9 Å². The Morgan fingerprint density at radius 2 is 0.800 bits per heavy atom. The molecule has 3 aliphatic rings. The third-order valence-electron chi connectivity index (χ3n) is 22.4. The van der Waals surface area contributed by atoms with Crippen molar-refractivity contribution in [3.63, 3.8) is 0 Å². The molecule has 9 aromatic rings. The first-order valence-electron chi connectivity index (χ1n) is 41.4. The number of aliphatic carboxylic acids is 3. The van der Waals surface area contributed by atoms with Crippen molar-refractivity contribution in [3.05, 3.63) is 284 Å². The number of carbonyl (C=O) groups excluding carboxylic acids is 11. The molecule has 25 nitrogen and oxygen atoms in total. The van der Waals surface area contributed by atoms with Crippen LogP contribution in [-0.4, -0.2) is 122 Å². The van der Waals surface area contributed by atoms with Crippen molar-refractivity contribution < 1.29 is 102 Å². The number of ketones is 5. The van der Waals surface area contributed by atoms with Crippen molar-refractivity contribution in [1.29, 1.82) is 0 Å². The fourth-order valence-corrected chi connectivity index (χ4v) is 12.6. The minimum Gasteiger partial charge on any atom is -0.481 e. The number of rotatable bonds is 27. The van der Waals surface area contributed by atoms with Gasteiger partial charge in [0, 0.05) is 95.2 Å². The Bertz CT molecular complexity index is 5550. The summed E-state index contributed by atoms with van der Waals surface area (Å²) in [5.74, 6) is -5.84. The molecule has 654 valence electrons. The van der Waals surface area contributed by atoms with Crippen LogP contribution in [0.1, 0.15) is 288 Å². The molecule has 9 aromatic carbocycles. The number of ether oxygens (including phenoxy) is 2. The Morgan fingerprint density at radius 1 is 0.368 bits per heavy atom. The molecule has 0 fully saturated rings. The van der Waals surface area contributed by atoms with Gasteiger partial charge in [0.2, 0.25) is 11.8 Å². The normalized spacial score (nSPS) is 12.9. The summed E-state index contributed by atoms with van der Waals surface area (Å²) in [5.41, 5.74) is 9.17. The first-order valence-corrected chi connectivity index (χ1v) is 41.4. The molecule has 4 amide bonds. The SMILES string of the molecule is CCC(C)(C)C(=O)Nc1cccc(C(=O)Nc2ccc3c(c2)C(=O)c2ccccc2C3=O)c1.CCC(C)(C)C(=O)OCCOC(=O)CCC(=O)O.CCC(C)(CC(=O)O)C(=O)O.CCC(C)C(=O)Nc1cccc2c1-c1ccccc1C2=O.CCC(C)c1ccc(C(=O)Nc2cccc3c2C(=O)c2ccccc2C3=O)cc1.CCC(C)c1ccc(C(=O)O)cc1. The van der Waals surface area contributed by atoms with Gasteiger partial charge in [0.05, 0.1) is 46.9 Å². The average molecular weight is 1700 g/mol. The Hall–Kier alpha value is -14.0. The van der Waals surface area contributed by atoms with Crippen LogP contribution in [0.5, 0.6) is 0 Å². The maximum atomic E-state index is 13.0. The Kier molecular flexibility index (Phi) is 35.1. The van der Waals surface area contributed by atoms with Crippen LogP contribution in [0.2, 0.25) is 0 Å². The molecule has 0 aliphatic heterocycles. The Labute approximate surface area is 727 Å². The molecule has 0 bridgehead atoms. The van der Waals surface area contributed by atoms with Gasteiger partial charge in [-0.1, -0.05) is 204 Å². The number of hydrogen-bond donors (Lipinski definition) is 8. The van der Waals surface area contributed by atoms with Gasteiger partial charge in [-0.15, -0.1) is 0 Å². The van der Waals surface area contributed by atoms with E-state index >= 15 is 0 Å². The zero-order valence-electron chi connectivity index (χ0n) is 72.8. The minimum atomic E-state index is -1.12. The summed E-state index contributed by atoms with van der Waals surface area (Å²) in [6.07, 6.45) is 3.80. The van der Waals surface area contributed by atoms with E-state index in [1.165, 1.54) is 24.1 Å². The van der Waals surface area contributed by atoms with Gasteiger partial charge in [-0.2, -0.15) is 0 Å². The maximum absolute atomic E-state index is 13.0. The number of benzene rings is 9. The molecular weight excluding hydrogens is 1590 g/mol. The van der Waals surface area contributed by atoms with Gasteiger partial charge >= 0.3 is 35.8 Å². The molecule has 3 aliphatic carbocycles. The van der Waals surface area contributed by atoms with Crippen LogP contribution in [0.3, 0.4) is 0 Å². The highest BCUT2D eigenvalue weighted by Crippen LogP contribution is 2.42. The van der Waals surface area contributed by atoms with E-state index in [1.54, 1.807) is 148 Å². The average Bonchev–Trinajstić information content (AvgIpc) is 1.60. The van der Waals surface area contributed by atoms with Gasteiger partial charge in [-0.25, -0.2) is 4.79 Å². The van der Waals surface area contributed by atoms with Gasteiger partial charge in [0.1, 0.15) is 13.2 Å². The predicted molar refractivity (Wildman–Crippen MR) is 476 cm³/mol. The number of amides is 4. The molecule has 4 unspecified atom stereocenters. The summed E-state index contributed by atoms with van der Waals surface area (Å²) in [4.78, 5) is 178. The summed E-state index contributed by atoms with van der Waals surface area (Å²) < 4.78 is 9.65. The van der Waals surface area contributed by atoms with Crippen LogP contribution in [0.15, 0.2) is 200 Å². The van der Waals surface area contributed by atoms with E-state index in [0.29, 0.717) is 109 Å². The van der Waals surface area contributed by atoms with E-state index in [0.717, 1.165) is 36.1 Å². The molecule has 0 saturated heterocycles. The van der Waals surface area contributed by atoms with E-state index in [1.807, 2.05) is 108 Å². The van der Waals surface area contributed by atoms with E-state index in [-0.39, 0.29) is 102 Å². The number of hydrogen-bond acceptors (Lipinski definition) is 17. The summed E-state index contributed by atoms with van der Waals surface area (Å²) in [6.45, 7) is 26.5. The number of carboxylic acid groups (broad SMARTS) is 4. The van der Waals surface area contributed by atoms with Crippen molar-refractivity contribution in [1.82, 2.24) is 0 Å². The lowest BCUT2D eigenvalue weighted by Gasteiger charge is -2.21. The highest BCUT2D eigenvalue weighted by molar-refractivity contribution is 6.31. The fourth-order valence-electron chi connectivity index (χ4n) is 12.6. The molecule has 0 heterocycles. The summed E-state index contributed by atoms with van der Waals surface area (Å²) in [7, 11) is 0. The molecule has 12 rings (SSSR count). The van der Waals surface area contributed by atoms with Crippen LogP contribution >= 0.6 is 0 Å². The maximum Gasteiger partial charge on any atom is 0.335 e. The number of aromatic carboxylic acids is 1. The summed E-state index contributed by atoms with van der Waals surface area (Å²) >= 11 is 0. The lowest BCUT2D eigenvalue weighted by Crippen LogP contribution is -2.30. The summed E-state index contributed by atoms with van der Waals surface area (Å²) in [5, 5.41) is 45.4. The van der Waals surface area contributed by atoms with E-state index in [9.17, 15) is 71.9 Å². The Morgan fingerprint density at radius 3 is 1.27 bits per heavy atom. The molecule has 125 heavy (non-hydrogen) atoms. The van der Waals surface area contributed by atoms with Gasteiger partial charge in [0.25, 0.3) is 11.8 Å². The highest BCUT2D eigenvalue weighted by Gasteiger charge is 2.36. The second-order valence-corrected chi connectivity index (χ2v) is 31.9. The van der Waals surface area contributed by atoms with Gasteiger partial charge < -0.3 is 51.2 Å².